The molecule has 3 aromatic rings. The van der Waals surface area contributed by atoms with E-state index < -0.39 is 15.1 Å². The van der Waals surface area contributed by atoms with Crippen LogP contribution in [0.2, 0.25) is 0 Å². The van der Waals surface area contributed by atoms with Crippen LogP contribution in [0.25, 0.3) is 22.9 Å². The van der Waals surface area contributed by atoms with E-state index in [4.69, 9.17) is 4.42 Å². The zero-order valence-electron chi connectivity index (χ0n) is 10.6. The molecular weight excluding hydrogens is 295 g/mol. The van der Waals surface area contributed by atoms with Gasteiger partial charge in [-0.15, -0.1) is 14.1 Å². The van der Waals surface area contributed by atoms with Gasteiger partial charge in [-0.3, -0.25) is 0 Å². The molecule has 7 heteroatoms. The summed E-state index contributed by atoms with van der Waals surface area (Å²) < 4.78 is 39.8. The van der Waals surface area contributed by atoms with Crippen LogP contribution in [0.1, 0.15) is 0 Å². The molecule has 0 spiro atoms. The maximum atomic E-state index is 12.8. The summed E-state index contributed by atoms with van der Waals surface area (Å²) in [7, 11) is -4.71. The molecule has 1 aromatic heterocycles. The van der Waals surface area contributed by atoms with E-state index in [1.165, 1.54) is 12.1 Å². The molecule has 0 N–H and O–H groups in total. The molecule has 0 aliphatic carbocycles. The molecule has 5 nitrogen and oxygen atoms in total. The first-order valence-corrected chi connectivity index (χ1v) is 7.36. The Morgan fingerprint density at radius 1 is 0.810 bits per heavy atom. The fourth-order valence-corrected chi connectivity index (χ4v) is 2.26. The van der Waals surface area contributed by atoms with Crippen LogP contribution >= 0.6 is 0 Å². The Morgan fingerprint density at radius 2 is 1.33 bits per heavy atom. The highest BCUT2D eigenvalue weighted by Crippen LogP contribution is 2.24. The average Bonchev–Trinajstić information content (AvgIpc) is 2.97. The van der Waals surface area contributed by atoms with E-state index in [0.29, 0.717) is 11.5 Å². The number of halogens is 1. The molecule has 0 radical (unpaired) electrons. The highest BCUT2D eigenvalue weighted by atomic mass is 32.3. The number of hydrogen-bond donors (Lipinski definition) is 0. The van der Waals surface area contributed by atoms with E-state index in [9.17, 15) is 12.3 Å². The Labute approximate surface area is 120 Å². The van der Waals surface area contributed by atoms with Gasteiger partial charge < -0.3 is 4.42 Å². The average molecular weight is 304 g/mol. The maximum absolute atomic E-state index is 12.8. The SMILES string of the molecule is O=S(=O)(F)c1ccc(-c2nnc(-c3ccccc3)o2)cc1. The molecule has 0 aliphatic heterocycles. The van der Waals surface area contributed by atoms with E-state index >= 15 is 0 Å². The Bertz CT molecular complexity index is 859. The van der Waals surface area contributed by atoms with Crippen molar-refractivity contribution in [2.75, 3.05) is 0 Å². The number of rotatable bonds is 3. The lowest BCUT2D eigenvalue weighted by molar-refractivity contribution is 0.552. The number of hydrogen-bond acceptors (Lipinski definition) is 5. The van der Waals surface area contributed by atoms with Gasteiger partial charge in [-0.05, 0) is 36.4 Å². The molecule has 0 bridgehead atoms. The maximum Gasteiger partial charge on any atom is 0.332 e. The van der Waals surface area contributed by atoms with Crippen molar-refractivity contribution in [3.8, 4) is 22.9 Å². The Hall–Kier alpha value is -2.54. The Balaban J connectivity index is 1.94. The highest BCUT2D eigenvalue weighted by molar-refractivity contribution is 7.86. The highest BCUT2D eigenvalue weighted by Gasteiger charge is 2.14. The summed E-state index contributed by atoms with van der Waals surface area (Å²) in [4.78, 5) is -0.408. The monoisotopic (exact) mass is 304 g/mol. The fraction of sp³-hybridized carbons (Fsp3) is 0. The molecular formula is C14H9FN2O3S. The van der Waals surface area contributed by atoms with Crippen LogP contribution in [-0.2, 0) is 10.2 Å². The minimum absolute atomic E-state index is 0.233. The van der Waals surface area contributed by atoms with E-state index in [-0.39, 0.29) is 5.89 Å². The van der Waals surface area contributed by atoms with Crippen LogP contribution in [0.4, 0.5) is 3.89 Å². The van der Waals surface area contributed by atoms with Crippen molar-refractivity contribution in [3.63, 3.8) is 0 Å². The lowest BCUT2D eigenvalue weighted by Crippen LogP contribution is -1.91. The minimum Gasteiger partial charge on any atom is -0.416 e. The lowest BCUT2D eigenvalue weighted by Gasteiger charge is -1.97. The van der Waals surface area contributed by atoms with Gasteiger partial charge in [-0.1, -0.05) is 18.2 Å². The van der Waals surface area contributed by atoms with Crippen LogP contribution in [-0.4, -0.2) is 18.6 Å². The molecule has 106 valence electrons. The van der Waals surface area contributed by atoms with Gasteiger partial charge in [0.25, 0.3) is 0 Å². The molecule has 0 fully saturated rings. The first kappa shape index (κ1) is 13.4. The third kappa shape index (κ3) is 2.82. The third-order valence-electron chi connectivity index (χ3n) is 2.83. The van der Waals surface area contributed by atoms with Crippen molar-refractivity contribution in [1.82, 2.24) is 10.2 Å². The van der Waals surface area contributed by atoms with E-state index in [2.05, 4.69) is 10.2 Å². The topological polar surface area (TPSA) is 73.1 Å². The molecule has 0 unspecified atom stereocenters. The van der Waals surface area contributed by atoms with Gasteiger partial charge in [0.15, 0.2) is 0 Å². The summed E-state index contributed by atoms with van der Waals surface area (Å²) in [6, 6.07) is 14.3. The van der Waals surface area contributed by atoms with Gasteiger partial charge in [0.2, 0.25) is 11.8 Å². The van der Waals surface area contributed by atoms with Gasteiger partial charge in [0.05, 0.1) is 4.90 Å². The largest absolute Gasteiger partial charge is 0.416 e. The second-order valence-corrected chi connectivity index (χ2v) is 5.59. The van der Waals surface area contributed by atoms with Crippen LogP contribution in [0.5, 0.6) is 0 Å². The lowest BCUT2D eigenvalue weighted by atomic mass is 10.2. The Morgan fingerprint density at radius 3 is 1.86 bits per heavy atom. The van der Waals surface area contributed by atoms with Gasteiger partial charge in [0, 0.05) is 11.1 Å². The molecule has 3 rings (SSSR count). The van der Waals surface area contributed by atoms with E-state index in [1.807, 2.05) is 30.3 Å². The van der Waals surface area contributed by atoms with E-state index in [0.717, 1.165) is 17.7 Å². The summed E-state index contributed by atoms with van der Waals surface area (Å²) in [5.74, 6) is 0.587. The summed E-state index contributed by atoms with van der Waals surface area (Å²) in [5, 5.41) is 7.82. The number of nitrogens with zero attached hydrogens (tertiary/aromatic N) is 2. The van der Waals surface area contributed by atoms with Crippen LogP contribution in [0, 0.1) is 0 Å². The summed E-state index contributed by atoms with van der Waals surface area (Å²) in [5.41, 5.74) is 1.29. The van der Waals surface area contributed by atoms with Crippen molar-refractivity contribution in [2.45, 2.75) is 4.90 Å². The molecule has 0 saturated heterocycles. The van der Waals surface area contributed by atoms with Crippen molar-refractivity contribution in [3.05, 3.63) is 54.6 Å². The number of benzene rings is 2. The zero-order valence-corrected chi connectivity index (χ0v) is 11.4. The van der Waals surface area contributed by atoms with Crippen LogP contribution < -0.4 is 0 Å². The molecule has 2 aromatic carbocycles. The summed E-state index contributed by atoms with van der Waals surface area (Å²) >= 11 is 0. The smallest absolute Gasteiger partial charge is 0.332 e. The predicted octanol–water partition coefficient (Wildman–Crippen LogP) is 3.06. The van der Waals surface area contributed by atoms with Crippen LogP contribution in [0.3, 0.4) is 0 Å². The molecule has 0 amide bonds. The zero-order chi connectivity index (χ0) is 14.9. The standard InChI is InChI=1S/C14H9FN2O3S/c15-21(18,19)12-8-6-11(7-9-12)14-17-16-13(20-14)10-4-2-1-3-5-10/h1-9H. The van der Waals surface area contributed by atoms with Crippen molar-refractivity contribution >= 4 is 10.2 Å². The molecule has 0 aliphatic rings. The number of aromatic nitrogens is 2. The van der Waals surface area contributed by atoms with Gasteiger partial charge in [0.1, 0.15) is 0 Å². The normalized spacial score (nSPS) is 11.5. The van der Waals surface area contributed by atoms with Gasteiger partial charge in [-0.25, -0.2) is 0 Å². The second kappa shape index (κ2) is 5.10. The van der Waals surface area contributed by atoms with Crippen molar-refractivity contribution in [1.29, 1.82) is 0 Å². The molecule has 1 heterocycles. The first-order chi connectivity index (χ1) is 10.0. The quantitative estimate of drug-likeness (QED) is 0.695. The summed E-state index contributed by atoms with van der Waals surface area (Å²) in [6.07, 6.45) is 0. The summed E-state index contributed by atoms with van der Waals surface area (Å²) in [6.45, 7) is 0. The Kier molecular flexibility index (Phi) is 3.26. The minimum atomic E-state index is -4.71. The van der Waals surface area contributed by atoms with E-state index in [1.54, 1.807) is 0 Å². The third-order valence-corrected chi connectivity index (χ3v) is 3.66. The molecule has 0 atom stereocenters. The van der Waals surface area contributed by atoms with Gasteiger partial charge in [-0.2, -0.15) is 8.42 Å². The van der Waals surface area contributed by atoms with Crippen molar-refractivity contribution in [2.24, 2.45) is 0 Å². The van der Waals surface area contributed by atoms with Crippen LogP contribution in [0.15, 0.2) is 63.9 Å². The van der Waals surface area contributed by atoms with Crippen molar-refractivity contribution < 1.29 is 16.7 Å². The molecule has 0 saturated carbocycles. The predicted molar refractivity (Wildman–Crippen MR) is 73.5 cm³/mol. The fourth-order valence-electron chi connectivity index (χ4n) is 1.80. The molecule has 21 heavy (non-hydrogen) atoms. The second-order valence-electron chi connectivity index (χ2n) is 4.24. The first-order valence-electron chi connectivity index (χ1n) is 5.98. The van der Waals surface area contributed by atoms with Gasteiger partial charge >= 0.3 is 10.2 Å².